The van der Waals surface area contributed by atoms with Crippen molar-refractivity contribution in [1.29, 1.82) is 0 Å². The molecule has 158 valence electrons. The van der Waals surface area contributed by atoms with E-state index in [2.05, 4.69) is 39.5 Å². The molecule has 0 bridgehead atoms. The first-order valence-electron chi connectivity index (χ1n) is 10.2. The number of fused-ring (bicyclic) bond motifs is 1. The molecular weight excluding hydrogens is 376 g/mol. The van der Waals surface area contributed by atoms with E-state index in [-0.39, 0.29) is 16.4 Å². The van der Waals surface area contributed by atoms with Crippen LogP contribution in [0.1, 0.15) is 78.7 Å². The van der Waals surface area contributed by atoms with Gasteiger partial charge in [-0.3, -0.25) is 0 Å². The molecule has 1 N–H and O–H groups in total. The molecule has 0 fully saturated rings. The summed E-state index contributed by atoms with van der Waals surface area (Å²) in [5.74, 6) is 7.21. The van der Waals surface area contributed by atoms with Gasteiger partial charge in [0.2, 0.25) is 0 Å². The minimum Gasteiger partial charge on any atom is -0.496 e. The van der Waals surface area contributed by atoms with Gasteiger partial charge in [0.25, 0.3) is 0 Å². The van der Waals surface area contributed by atoms with E-state index < -0.39 is 5.97 Å². The first kappa shape index (κ1) is 21.8. The first-order chi connectivity index (χ1) is 14.0. The van der Waals surface area contributed by atoms with Gasteiger partial charge in [-0.1, -0.05) is 39.5 Å². The summed E-state index contributed by atoms with van der Waals surface area (Å²) in [7, 11) is 3.42. The molecule has 0 heterocycles. The maximum atomic E-state index is 11.1. The Morgan fingerprint density at radius 2 is 1.40 bits per heavy atom. The number of rotatable bonds is 3. The van der Waals surface area contributed by atoms with E-state index in [4.69, 9.17) is 14.6 Å². The topological polar surface area (TPSA) is 55.8 Å². The number of carbonyl (C=O) groups is 1. The summed E-state index contributed by atoms with van der Waals surface area (Å²) >= 11 is 0. The SMILES string of the molecule is COc1c(C)c(C#Cc2ccc(C(=O)O)cc2)c(OC)c2c1C(C)(C)CCC2(C)C. The van der Waals surface area contributed by atoms with Crippen LogP contribution in [0.4, 0.5) is 0 Å². The van der Waals surface area contributed by atoms with Gasteiger partial charge in [-0.25, -0.2) is 4.79 Å². The molecule has 1 aliphatic rings. The van der Waals surface area contributed by atoms with Gasteiger partial charge in [0, 0.05) is 22.3 Å². The summed E-state index contributed by atoms with van der Waals surface area (Å²) in [4.78, 5) is 11.1. The highest BCUT2D eigenvalue weighted by Crippen LogP contribution is 2.55. The quantitative estimate of drug-likeness (QED) is 0.688. The Morgan fingerprint density at radius 3 is 1.87 bits per heavy atom. The normalized spacial score (nSPS) is 16.1. The van der Waals surface area contributed by atoms with Gasteiger partial charge in [0.15, 0.2) is 0 Å². The van der Waals surface area contributed by atoms with E-state index in [1.807, 2.05) is 6.92 Å². The van der Waals surface area contributed by atoms with Crippen LogP contribution in [0.15, 0.2) is 24.3 Å². The van der Waals surface area contributed by atoms with Crippen molar-refractivity contribution in [2.24, 2.45) is 0 Å². The standard InChI is InChI=1S/C26H30O4/c1-16-19(13-10-17-8-11-18(12-9-17)24(27)28)23(30-7)21-20(22(16)29-6)25(2,3)14-15-26(21,4)5/h8-9,11-12H,14-15H2,1-7H3,(H,27,28). The number of aromatic carboxylic acids is 1. The van der Waals surface area contributed by atoms with E-state index >= 15 is 0 Å². The van der Waals surface area contributed by atoms with E-state index in [1.165, 1.54) is 11.1 Å². The molecule has 4 heteroatoms. The second kappa shape index (κ2) is 7.72. The monoisotopic (exact) mass is 406 g/mol. The summed E-state index contributed by atoms with van der Waals surface area (Å²) in [5, 5.41) is 9.08. The van der Waals surface area contributed by atoms with Crippen molar-refractivity contribution >= 4 is 5.97 Å². The Bertz CT molecular complexity index is 1050. The smallest absolute Gasteiger partial charge is 0.335 e. The van der Waals surface area contributed by atoms with Crippen molar-refractivity contribution in [3.63, 3.8) is 0 Å². The predicted octanol–water partition coefficient (Wildman–Crippen LogP) is 5.46. The van der Waals surface area contributed by atoms with E-state index in [1.54, 1.807) is 38.5 Å². The minimum absolute atomic E-state index is 0.0210. The van der Waals surface area contributed by atoms with Crippen molar-refractivity contribution in [3.8, 4) is 23.3 Å². The fraction of sp³-hybridized carbons (Fsp3) is 0.423. The Labute approximate surface area is 179 Å². The average Bonchev–Trinajstić information content (AvgIpc) is 2.69. The Morgan fingerprint density at radius 1 is 0.900 bits per heavy atom. The molecule has 0 aromatic heterocycles. The maximum absolute atomic E-state index is 11.1. The van der Waals surface area contributed by atoms with Crippen molar-refractivity contribution in [2.45, 2.75) is 58.3 Å². The third-order valence-electron chi connectivity index (χ3n) is 6.25. The number of hydrogen-bond donors (Lipinski definition) is 1. The lowest BCUT2D eigenvalue weighted by Gasteiger charge is -2.44. The van der Waals surface area contributed by atoms with Crippen LogP contribution in [-0.4, -0.2) is 25.3 Å². The molecular formula is C26H30O4. The van der Waals surface area contributed by atoms with Gasteiger partial charge < -0.3 is 14.6 Å². The first-order valence-corrected chi connectivity index (χ1v) is 10.2. The zero-order chi connectivity index (χ0) is 22.3. The molecule has 2 aromatic rings. The number of methoxy groups -OCH3 is 2. The van der Waals surface area contributed by atoms with E-state index in [0.717, 1.165) is 41.0 Å². The predicted molar refractivity (Wildman–Crippen MR) is 119 cm³/mol. The third kappa shape index (κ3) is 3.65. The molecule has 0 spiro atoms. The summed E-state index contributed by atoms with van der Waals surface area (Å²) in [6, 6.07) is 6.58. The van der Waals surface area contributed by atoms with Crippen LogP contribution >= 0.6 is 0 Å². The van der Waals surface area contributed by atoms with E-state index in [9.17, 15) is 4.79 Å². The molecule has 3 rings (SSSR count). The summed E-state index contributed by atoms with van der Waals surface area (Å²) in [6.45, 7) is 11.0. The molecule has 0 aliphatic heterocycles. The highest BCUT2D eigenvalue weighted by atomic mass is 16.5. The van der Waals surface area contributed by atoms with Crippen molar-refractivity contribution in [3.05, 3.63) is 57.6 Å². The maximum Gasteiger partial charge on any atom is 0.335 e. The molecule has 0 radical (unpaired) electrons. The summed E-state index contributed by atoms with van der Waals surface area (Å²) in [5.41, 5.74) is 5.09. The molecule has 0 amide bonds. The van der Waals surface area contributed by atoms with Gasteiger partial charge in [-0.05, 0) is 54.9 Å². The number of carboxylic acids is 1. The Balaban J connectivity index is 2.26. The third-order valence-corrected chi connectivity index (χ3v) is 6.25. The average molecular weight is 407 g/mol. The van der Waals surface area contributed by atoms with E-state index in [0.29, 0.717) is 0 Å². The zero-order valence-electron chi connectivity index (χ0n) is 18.9. The second-order valence-corrected chi connectivity index (χ2v) is 9.22. The van der Waals surface area contributed by atoms with Gasteiger partial charge in [0.05, 0.1) is 25.3 Å². The highest BCUT2D eigenvalue weighted by molar-refractivity contribution is 5.87. The number of hydrogen-bond acceptors (Lipinski definition) is 3. The lowest BCUT2D eigenvalue weighted by Crippen LogP contribution is -2.35. The Kier molecular flexibility index (Phi) is 5.60. The molecule has 2 aromatic carbocycles. The highest BCUT2D eigenvalue weighted by Gasteiger charge is 2.43. The molecule has 0 atom stereocenters. The van der Waals surface area contributed by atoms with Gasteiger partial charge in [-0.15, -0.1) is 0 Å². The fourth-order valence-electron chi connectivity index (χ4n) is 4.43. The van der Waals surface area contributed by atoms with Crippen LogP contribution < -0.4 is 9.47 Å². The molecule has 1 aliphatic carbocycles. The number of carboxylic acid groups (broad SMARTS) is 1. The number of ether oxygens (including phenoxy) is 2. The van der Waals surface area contributed by atoms with Crippen molar-refractivity contribution in [2.75, 3.05) is 14.2 Å². The second-order valence-electron chi connectivity index (χ2n) is 9.22. The van der Waals surface area contributed by atoms with Crippen molar-refractivity contribution in [1.82, 2.24) is 0 Å². The number of benzene rings is 2. The molecule has 0 unspecified atom stereocenters. The van der Waals surface area contributed by atoms with Crippen LogP contribution in [0.3, 0.4) is 0 Å². The molecule has 30 heavy (non-hydrogen) atoms. The van der Waals surface area contributed by atoms with Crippen LogP contribution in [-0.2, 0) is 10.8 Å². The van der Waals surface area contributed by atoms with Gasteiger partial charge in [-0.2, -0.15) is 0 Å². The van der Waals surface area contributed by atoms with Crippen LogP contribution in [0.5, 0.6) is 11.5 Å². The molecule has 4 nitrogen and oxygen atoms in total. The largest absolute Gasteiger partial charge is 0.496 e. The molecule has 0 saturated carbocycles. The zero-order valence-corrected chi connectivity index (χ0v) is 18.9. The lowest BCUT2D eigenvalue weighted by molar-refractivity contribution is 0.0697. The summed E-state index contributed by atoms with van der Waals surface area (Å²) in [6.07, 6.45) is 2.13. The van der Waals surface area contributed by atoms with Crippen LogP contribution in [0.2, 0.25) is 0 Å². The fourth-order valence-corrected chi connectivity index (χ4v) is 4.43. The van der Waals surface area contributed by atoms with Crippen LogP contribution in [0.25, 0.3) is 0 Å². The Hall–Kier alpha value is -2.93. The van der Waals surface area contributed by atoms with Gasteiger partial charge >= 0.3 is 5.97 Å². The summed E-state index contributed by atoms with van der Waals surface area (Å²) < 4.78 is 11.9. The lowest BCUT2D eigenvalue weighted by atomic mass is 9.61. The van der Waals surface area contributed by atoms with Gasteiger partial charge in [0.1, 0.15) is 11.5 Å². The van der Waals surface area contributed by atoms with Crippen LogP contribution in [0, 0.1) is 18.8 Å². The molecule has 0 saturated heterocycles. The minimum atomic E-state index is -0.948. The van der Waals surface area contributed by atoms with Crippen molar-refractivity contribution < 1.29 is 19.4 Å².